The van der Waals surface area contributed by atoms with Crippen molar-refractivity contribution in [1.82, 2.24) is 15.2 Å². The molecule has 2 N–H and O–H groups in total. The number of hydrogen-bond donors (Lipinski definition) is 2. The van der Waals surface area contributed by atoms with Crippen LogP contribution in [0.15, 0.2) is 24.4 Å². The molecule has 1 aromatic rings. The number of carbonyl (C=O) groups excluding carboxylic acids is 1. The van der Waals surface area contributed by atoms with Crippen molar-refractivity contribution in [3.8, 4) is 0 Å². The number of aromatic nitrogens is 1. The fourth-order valence-electron chi connectivity index (χ4n) is 1.79. The summed E-state index contributed by atoms with van der Waals surface area (Å²) in [4.78, 5) is 28.3. The average Bonchev–Trinajstić information content (AvgIpc) is 2.89. The maximum Gasteiger partial charge on any atom is 0.327 e. The Morgan fingerprint density at radius 1 is 1.53 bits per heavy atom. The highest BCUT2D eigenvalue weighted by Crippen LogP contribution is 2.20. The molecule has 6 nitrogen and oxygen atoms in total. The third kappa shape index (κ3) is 3.60. The quantitative estimate of drug-likeness (QED) is 0.852. The number of nitrogens with one attached hydrogen (secondary N) is 1. The molecule has 19 heavy (non-hydrogen) atoms. The van der Waals surface area contributed by atoms with E-state index in [0.717, 1.165) is 5.69 Å². The van der Waals surface area contributed by atoms with Crippen molar-refractivity contribution in [3.63, 3.8) is 0 Å². The number of amides is 2. The Balaban J connectivity index is 1.80. The summed E-state index contributed by atoms with van der Waals surface area (Å²) in [5.74, 6) is -0.0834. The van der Waals surface area contributed by atoms with Crippen molar-refractivity contribution in [2.75, 3.05) is 18.2 Å². The fraction of sp³-hybridized carbons (Fsp3) is 0.417. The third-order valence-corrected chi connectivity index (χ3v) is 3.82. The minimum absolute atomic E-state index is 0.326. The molecule has 0 saturated carbocycles. The molecule has 1 aliphatic heterocycles. The zero-order valence-electron chi connectivity index (χ0n) is 10.3. The fourth-order valence-corrected chi connectivity index (χ4v) is 2.94. The Morgan fingerprint density at radius 2 is 2.37 bits per heavy atom. The van der Waals surface area contributed by atoms with Gasteiger partial charge in [-0.2, -0.15) is 0 Å². The van der Waals surface area contributed by atoms with Gasteiger partial charge in [-0.3, -0.25) is 4.98 Å². The van der Waals surface area contributed by atoms with Crippen LogP contribution in [0.4, 0.5) is 4.79 Å². The van der Waals surface area contributed by atoms with E-state index in [9.17, 15) is 9.59 Å². The second-order valence-electron chi connectivity index (χ2n) is 4.13. The molecular formula is C12H15N3O3S. The summed E-state index contributed by atoms with van der Waals surface area (Å²) < 4.78 is 0. The van der Waals surface area contributed by atoms with Crippen molar-refractivity contribution < 1.29 is 14.7 Å². The van der Waals surface area contributed by atoms with E-state index in [2.05, 4.69) is 10.3 Å². The van der Waals surface area contributed by atoms with Crippen LogP contribution in [0.5, 0.6) is 0 Å². The molecular weight excluding hydrogens is 266 g/mol. The van der Waals surface area contributed by atoms with Crippen LogP contribution in [0.2, 0.25) is 0 Å². The van der Waals surface area contributed by atoms with Crippen LogP contribution in [-0.4, -0.2) is 51.2 Å². The summed E-state index contributed by atoms with van der Waals surface area (Å²) >= 11 is 1.45. The van der Waals surface area contributed by atoms with Crippen molar-refractivity contribution in [1.29, 1.82) is 0 Å². The van der Waals surface area contributed by atoms with Crippen LogP contribution >= 0.6 is 11.8 Å². The predicted molar refractivity (Wildman–Crippen MR) is 71.9 cm³/mol. The Labute approximate surface area is 115 Å². The van der Waals surface area contributed by atoms with Gasteiger partial charge in [-0.15, -0.1) is 11.8 Å². The van der Waals surface area contributed by atoms with Crippen LogP contribution < -0.4 is 5.32 Å². The van der Waals surface area contributed by atoms with E-state index in [1.807, 2.05) is 18.2 Å². The highest BCUT2D eigenvalue weighted by atomic mass is 32.2. The first-order valence-corrected chi connectivity index (χ1v) is 7.09. The summed E-state index contributed by atoms with van der Waals surface area (Å²) in [7, 11) is 0. The smallest absolute Gasteiger partial charge is 0.327 e. The lowest BCUT2D eigenvalue weighted by Crippen LogP contribution is -2.47. The number of carboxylic acids is 1. The number of aliphatic carboxylic acids is 1. The van der Waals surface area contributed by atoms with Crippen LogP contribution in [0.1, 0.15) is 5.69 Å². The maximum atomic E-state index is 11.9. The van der Waals surface area contributed by atoms with Crippen molar-refractivity contribution in [2.24, 2.45) is 0 Å². The Kier molecular flexibility index (Phi) is 4.62. The van der Waals surface area contributed by atoms with Gasteiger partial charge in [-0.25, -0.2) is 9.59 Å². The molecule has 0 aliphatic carbocycles. The first-order valence-electron chi connectivity index (χ1n) is 5.93. The Morgan fingerprint density at radius 3 is 3.05 bits per heavy atom. The summed E-state index contributed by atoms with van der Waals surface area (Å²) in [5, 5.41) is 11.7. The van der Waals surface area contributed by atoms with E-state index in [-0.39, 0.29) is 6.03 Å². The molecule has 0 unspecified atom stereocenters. The lowest BCUT2D eigenvalue weighted by Gasteiger charge is -2.20. The predicted octanol–water partition coefficient (Wildman–Crippen LogP) is 0.793. The highest BCUT2D eigenvalue weighted by molar-refractivity contribution is 7.99. The Hall–Kier alpha value is -1.76. The van der Waals surface area contributed by atoms with Gasteiger partial charge in [0.2, 0.25) is 0 Å². The summed E-state index contributed by atoms with van der Waals surface area (Å²) in [5.41, 5.74) is 0.897. The molecule has 0 spiro atoms. The van der Waals surface area contributed by atoms with E-state index in [0.29, 0.717) is 24.6 Å². The third-order valence-electron chi connectivity index (χ3n) is 2.81. The van der Waals surface area contributed by atoms with E-state index in [1.54, 1.807) is 6.20 Å². The molecule has 2 heterocycles. The van der Waals surface area contributed by atoms with Gasteiger partial charge in [0, 0.05) is 30.6 Å². The first kappa shape index (κ1) is 13.7. The number of pyridine rings is 1. The van der Waals surface area contributed by atoms with Gasteiger partial charge in [-0.1, -0.05) is 6.07 Å². The molecule has 1 aromatic heterocycles. The van der Waals surface area contributed by atoms with Gasteiger partial charge in [0.15, 0.2) is 0 Å². The van der Waals surface area contributed by atoms with Gasteiger partial charge in [0.1, 0.15) is 6.04 Å². The maximum absolute atomic E-state index is 11.9. The monoisotopic (exact) mass is 281 g/mol. The molecule has 2 rings (SSSR count). The second kappa shape index (κ2) is 6.42. The molecule has 1 fully saturated rings. The molecule has 7 heteroatoms. The van der Waals surface area contributed by atoms with Crippen molar-refractivity contribution in [2.45, 2.75) is 12.5 Å². The van der Waals surface area contributed by atoms with E-state index < -0.39 is 12.0 Å². The Bertz CT molecular complexity index is 455. The lowest BCUT2D eigenvalue weighted by atomic mass is 10.3. The second-order valence-corrected chi connectivity index (χ2v) is 5.13. The molecule has 0 aromatic carbocycles. The van der Waals surface area contributed by atoms with Crippen molar-refractivity contribution in [3.05, 3.63) is 30.1 Å². The van der Waals surface area contributed by atoms with E-state index >= 15 is 0 Å². The molecule has 0 bridgehead atoms. The standard InChI is InChI=1S/C12H15N3O3S/c16-11(17)10-7-19-8-15(10)12(18)14-6-4-9-3-1-2-5-13-9/h1-3,5,10H,4,6-8H2,(H,14,18)(H,16,17)/t10-/m0/s1. The molecule has 1 atom stereocenters. The number of hydrogen-bond acceptors (Lipinski definition) is 4. The zero-order chi connectivity index (χ0) is 13.7. The van der Waals surface area contributed by atoms with Crippen LogP contribution in [0.3, 0.4) is 0 Å². The zero-order valence-corrected chi connectivity index (χ0v) is 11.1. The van der Waals surface area contributed by atoms with E-state index in [1.165, 1.54) is 16.7 Å². The van der Waals surface area contributed by atoms with Gasteiger partial charge in [0.05, 0.1) is 5.88 Å². The van der Waals surface area contributed by atoms with Crippen molar-refractivity contribution >= 4 is 23.8 Å². The number of thioether (sulfide) groups is 1. The van der Waals surface area contributed by atoms with Gasteiger partial charge in [-0.05, 0) is 12.1 Å². The van der Waals surface area contributed by atoms with Gasteiger partial charge >= 0.3 is 12.0 Å². The van der Waals surface area contributed by atoms with Gasteiger partial charge < -0.3 is 15.3 Å². The van der Waals surface area contributed by atoms with Crippen LogP contribution in [-0.2, 0) is 11.2 Å². The minimum atomic E-state index is -0.954. The number of carboxylic acid groups (broad SMARTS) is 1. The van der Waals surface area contributed by atoms with E-state index in [4.69, 9.17) is 5.11 Å². The molecule has 2 amide bonds. The number of rotatable bonds is 4. The normalized spacial score (nSPS) is 18.3. The highest BCUT2D eigenvalue weighted by Gasteiger charge is 2.34. The summed E-state index contributed by atoms with van der Waals surface area (Å²) in [6.45, 7) is 0.448. The first-order chi connectivity index (χ1) is 9.18. The largest absolute Gasteiger partial charge is 0.480 e. The molecule has 1 saturated heterocycles. The van der Waals surface area contributed by atoms with Crippen LogP contribution in [0.25, 0.3) is 0 Å². The van der Waals surface area contributed by atoms with Gasteiger partial charge in [0.25, 0.3) is 0 Å². The number of urea groups is 1. The number of nitrogens with zero attached hydrogens (tertiary/aromatic N) is 2. The minimum Gasteiger partial charge on any atom is -0.480 e. The number of carbonyl (C=O) groups is 2. The molecule has 0 radical (unpaired) electrons. The topological polar surface area (TPSA) is 82.5 Å². The molecule has 102 valence electrons. The average molecular weight is 281 g/mol. The molecule has 1 aliphatic rings. The lowest BCUT2D eigenvalue weighted by molar-refractivity contribution is -0.140. The summed E-state index contributed by atoms with van der Waals surface area (Å²) in [6.07, 6.45) is 2.33. The SMILES string of the molecule is O=C(O)[C@@H]1CSCN1C(=O)NCCc1ccccn1. The summed E-state index contributed by atoms with van der Waals surface area (Å²) in [6, 6.07) is 4.56. The van der Waals surface area contributed by atoms with Crippen LogP contribution in [0, 0.1) is 0 Å².